The van der Waals surface area contributed by atoms with E-state index >= 15 is 0 Å². The molecule has 1 aromatic carbocycles. The molecule has 0 aliphatic rings. The summed E-state index contributed by atoms with van der Waals surface area (Å²) < 4.78 is 0. The van der Waals surface area contributed by atoms with Gasteiger partial charge in [-0.15, -0.1) is 6.42 Å². The van der Waals surface area contributed by atoms with Crippen molar-refractivity contribution in [3.63, 3.8) is 0 Å². The Morgan fingerprint density at radius 2 is 1.95 bits per heavy atom. The van der Waals surface area contributed by atoms with Gasteiger partial charge in [0.15, 0.2) is 0 Å². The number of rotatable bonds is 5. The zero-order chi connectivity index (χ0) is 16.5. The van der Waals surface area contributed by atoms with E-state index in [1.807, 2.05) is 14.0 Å². The summed E-state index contributed by atoms with van der Waals surface area (Å²) in [6.07, 6.45) is 7.79. The van der Waals surface area contributed by atoms with Crippen LogP contribution in [0.5, 0.6) is 0 Å². The second-order valence-corrected chi connectivity index (χ2v) is 6.10. The summed E-state index contributed by atoms with van der Waals surface area (Å²) in [6.45, 7) is 14.4. The van der Waals surface area contributed by atoms with E-state index in [0.29, 0.717) is 0 Å². The van der Waals surface area contributed by atoms with Crippen molar-refractivity contribution in [2.45, 2.75) is 53.5 Å². The minimum Gasteiger partial charge on any atom is -0.315 e. The SMILES string of the molecule is C#CC(C)(C)[C@H](Cc1cccc(C(=C)C)c1)NC.CCC. The highest BCUT2D eigenvalue weighted by Crippen LogP contribution is 2.23. The Balaban J connectivity index is 0.00000122. The summed E-state index contributed by atoms with van der Waals surface area (Å²) in [4.78, 5) is 0. The van der Waals surface area contributed by atoms with E-state index in [2.05, 4.69) is 69.8 Å². The molecule has 0 saturated carbocycles. The van der Waals surface area contributed by atoms with E-state index < -0.39 is 0 Å². The van der Waals surface area contributed by atoms with Crippen molar-refractivity contribution >= 4 is 5.57 Å². The number of hydrogen-bond acceptors (Lipinski definition) is 1. The third-order valence-electron chi connectivity index (χ3n) is 3.45. The van der Waals surface area contributed by atoms with Crippen molar-refractivity contribution in [3.05, 3.63) is 42.0 Å². The Morgan fingerprint density at radius 3 is 2.38 bits per heavy atom. The van der Waals surface area contributed by atoms with Crippen LogP contribution in [-0.2, 0) is 6.42 Å². The quantitative estimate of drug-likeness (QED) is 0.757. The van der Waals surface area contributed by atoms with Crippen LogP contribution >= 0.6 is 0 Å². The number of hydrogen-bond donors (Lipinski definition) is 1. The molecule has 0 aliphatic heterocycles. The molecular formula is C20H31N. The van der Waals surface area contributed by atoms with Gasteiger partial charge in [0.05, 0.1) is 0 Å². The third kappa shape index (κ3) is 6.65. The molecule has 1 atom stereocenters. The van der Waals surface area contributed by atoms with E-state index in [1.54, 1.807) is 0 Å². The first kappa shape index (κ1) is 19.5. The topological polar surface area (TPSA) is 12.0 Å². The fraction of sp³-hybridized carbons (Fsp3) is 0.500. The van der Waals surface area contributed by atoms with Crippen LogP contribution in [0.15, 0.2) is 30.8 Å². The Kier molecular flexibility index (Phi) is 8.74. The number of likely N-dealkylation sites (N-methyl/N-ethyl adjacent to an activating group) is 1. The van der Waals surface area contributed by atoms with Gasteiger partial charge in [0, 0.05) is 11.5 Å². The minimum absolute atomic E-state index is 0.159. The van der Waals surface area contributed by atoms with E-state index in [-0.39, 0.29) is 11.5 Å². The Bertz CT molecular complexity index is 477. The van der Waals surface area contributed by atoms with E-state index in [4.69, 9.17) is 6.42 Å². The molecule has 116 valence electrons. The normalized spacial score (nSPS) is 11.9. The molecule has 0 aromatic heterocycles. The van der Waals surface area contributed by atoms with Crippen molar-refractivity contribution in [2.24, 2.45) is 5.41 Å². The van der Waals surface area contributed by atoms with Gasteiger partial charge in [0.25, 0.3) is 0 Å². The number of terminal acetylenes is 1. The second kappa shape index (κ2) is 9.42. The zero-order valence-corrected chi connectivity index (χ0v) is 14.6. The van der Waals surface area contributed by atoms with E-state index in [9.17, 15) is 0 Å². The molecule has 0 unspecified atom stereocenters. The maximum atomic E-state index is 5.61. The van der Waals surface area contributed by atoms with Crippen LogP contribution in [-0.4, -0.2) is 13.1 Å². The summed E-state index contributed by atoms with van der Waals surface area (Å²) in [5, 5.41) is 3.33. The van der Waals surface area contributed by atoms with Gasteiger partial charge in [-0.3, -0.25) is 0 Å². The lowest BCUT2D eigenvalue weighted by atomic mass is 9.81. The van der Waals surface area contributed by atoms with Crippen LogP contribution in [0.3, 0.4) is 0 Å². The lowest BCUT2D eigenvalue weighted by Crippen LogP contribution is -2.40. The molecule has 0 radical (unpaired) electrons. The van der Waals surface area contributed by atoms with Gasteiger partial charge in [-0.2, -0.15) is 0 Å². The maximum absolute atomic E-state index is 5.61. The van der Waals surface area contributed by atoms with Crippen LogP contribution in [0.2, 0.25) is 0 Å². The summed E-state index contributed by atoms with van der Waals surface area (Å²) >= 11 is 0. The lowest BCUT2D eigenvalue weighted by Gasteiger charge is -2.29. The van der Waals surface area contributed by atoms with Gasteiger partial charge in [-0.05, 0) is 45.4 Å². The smallest absolute Gasteiger partial charge is 0.0411 e. The van der Waals surface area contributed by atoms with Crippen LogP contribution in [0.1, 0.15) is 52.2 Å². The second-order valence-electron chi connectivity index (χ2n) is 6.10. The molecule has 0 aliphatic carbocycles. The van der Waals surface area contributed by atoms with Crippen molar-refractivity contribution in [2.75, 3.05) is 7.05 Å². The van der Waals surface area contributed by atoms with Gasteiger partial charge in [-0.25, -0.2) is 0 Å². The molecule has 1 aromatic rings. The van der Waals surface area contributed by atoms with Crippen LogP contribution in [0.25, 0.3) is 5.57 Å². The maximum Gasteiger partial charge on any atom is 0.0411 e. The Hall–Kier alpha value is -1.52. The first-order valence-electron chi connectivity index (χ1n) is 7.72. The lowest BCUT2D eigenvalue weighted by molar-refractivity contribution is 0.337. The highest BCUT2D eigenvalue weighted by atomic mass is 14.9. The standard InChI is InChI=1S/C17H23N.C3H8/c1-7-17(4,5)16(18-6)12-14-9-8-10-15(11-14)13(2)3;1-3-2/h1,8-11,16,18H,2,12H2,3-6H3;3H2,1-2H3/t16-;/m0./s1. The average molecular weight is 285 g/mol. The largest absolute Gasteiger partial charge is 0.315 e. The van der Waals surface area contributed by atoms with E-state index in [0.717, 1.165) is 12.0 Å². The molecule has 21 heavy (non-hydrogen) atoms. The van der Waals surface area contributed by atoms with Crippen molar-refractivity contribution in [1.82, 2.24) is 5.32 Å². The molecule has 1 N–H and O–H groups in total. The van der Waals surface area contributed by atoms with Crippen molar-refractivity contribution < 1.29 is 0 Å². The molecule has 0 saturated heterocycles. The van der Waals surface area contributed by atoms with E-state index in [1.165, 1.54) is 17.5 Å². The van der Waals surface area contributed by atoms with Crippen LogP contribution < -0.4 is 5.32 Å². The average Bonchev–Trinajstić information content (AvgIpc) is 2.45. The van der Waals surface area contributed by atoms with Gasteiger partial charge in [0.2, 0.25) is 0 Å². The summed E-state index contributed by atoms with van der Waals surface area (Å²) in [6, 6.07) is 8.77. The summed E-state index contributed by atoms with van der Waals surface area (Å²) in [7, 11) is 1.96. The highest BCUT2D eigenvalue weighted by molar-refractivity contribution is 5.61. The Labute approximate surface area is 131 Å². The van der Waals surface area contributed by atoms with Gasteiger partial charge in [0.1, 0.15) is 0 Å². The number of allylic oxidation sites excluding steroid dienone is 1. The molecule has 0 fully saturated rings. The summed E-state index contributed by atoms with van der Waals surface area (Å²) in [5.74, 6) is 2.87. The molecule has 0 bridgehead atoms. The van der Waals surface area contributed by atoms with Crippen molar-refractivity contribution in [1.29, 1.82) is 0 Å². The van der Waals surface area contributed by atoms with Crippen LogP contribution in [0, 0.1) is 17.8 Å². The fourth-order valence-electron chi connectivity index (χ4n) is 2.02. The predicted molar refractivity (Wildman–Crippen MR) is 96.3 cm³/mol. The number of nitrogens with one attached hydrogen (secondary N) is 1. The van der Waals surface area contributed by atoms with Crippen molar-refractivity contribution in [3.8, 4) is 12.3 Å². The molecule has 0 amide bonds. The molecule has 0 spiro atoms. The first-order valence-corrected chi connectivity index (χ1v) is 7.72. The molecule has 0 heterocycles. The van der Waals surface area contributed by atoms with Gasteiger partial charge < -0.3 is 5.32 Å². The Morgan fingerprint density at radius 1 is 1.38 bits per heavy atom. The summed E-state index contributed by atoms with van der Waals surface area (Å²) in [5.41, 5.74) is 3.42. The monoisotopic (exact) mass is 285 g/mol. The number of benzene rings is 1. The molecule has 1 heteroatoms. The fourth-order valence-corrected chi connectivity index (χ4v) is 2.02. The molecule has 1 rings (SSSR count). The molecular weight excluding hydrogens is 254 g/mol. The third-order valence-corrected chi connectivity index (χ3v) is 3.45. The predicted octanol–water partition coefficient (Wildman–Crippen LogP) is 4.93. The zero-order valence-electron chi connectivity index (χ0n) is 14.6. The van der Waals surface area contributed by atoms with Gasteiger partial charge in [-0.1, -0.05) is 62.6 Å². The van der Waals surface area contributed by atoms with Crippen LogP contribution in [0.4, 0.5) is 0 Å². The first-order chi connectivity index (χ1) is 9.82. The van der Waals surface area contributed by atoms with Gasteiger partial charge >= 0.3 is 0 Å². The highest BCUT2D eigenvalue weighted by Gasteiger charge is 2.26. The molecule has 1 nitrogen and oxygen atoms in total. The minimum atomic E-state index is -0.159.